The topological polar surface area (TPSA) is 48.7 Å². The molecule has 0 saturated heterocycles. The van der Waals surface area contributed by atoms with E-state index >= 15 is 0 Å². The molecule has 0 aliphatic carbocycles. The van der Waals surface area contributed by atoms with Crippen LogP contribution in [0.15, 0.2) is 57.7 Å². The van der Waals surface area contributed by atoms with Crippen molar-refractivity contribution >= 4 is 22.6 Å². The highest BCUT2D eigenvalue weighted by molar-refractivity contribution is 6.30. The number of rotatable bonds is 4. The lowest BCUT2D eigenvalue weighted by atomic mass is 10.1. The van der Waals surface area contributed by atoms with Crippen molar-refractivity contribution < 1.29 is 13.9 Å². The molecule has 5 heteroatoms. The Kier molecular flexibility index (Phi) is 4.02. The molecule has 112 valence electrons. The van der Waals surface area contributed by atoms with Crippen molar-refractivity contribution in [3.8, 4) is 11.5 Å². The first-order valence-corrected chi connectivity index (χ1v) is 7.03. The van der Waals surface area contributed by atoms with Gasteiger partial charge in [0, 0.05) is 22.0 Å². The first kappa shape index (κ1) is 14.5. The minimum atomic E-state index is -0.438. The second kappa shape index (κ2) is 6.12. The predicted octanol–water partition coefficient (Wildman–Crippen LogP) is 4.03. The molecule has 2 aromatic carbocycles. The van der Waals surface area contributed by atoms with Crippen LogP contribution in [-0.4, -0.2) is 7.11 Å². The van der Waals surface area contributed by atoms with Crippen LogP contribution in [0.4, 0.5) is 0 Å². The van der Waals surface area contributed by atoms with E-state index in [0.29, 0.717) is 22.1 Å². The van der Waals surface area contributed by atoms with Crippen molar-refractivity contribution in [1.29, 1.82) is 0 Å². The molecule has 0 amide bonds. The maximum Gasteiger partial charge on any atom is 0.336 e. The van der Waals surface area contributed by atoms with Crippen LogP contribution < -0.4 is 15.1 Å². The normalized spacial score (nSPS) is 10.6. The summed E-state index contributed by atoms with van der Waals surface area (Å²) in [5.41, 5.74) is 0.721. The average Bonchev–Trinajstić information content (AvgIpc) is 2.53. The molecular weight excluding hydrogens is 304 g/mol. The third kappa shape index (κ3) is 2.92. The van der Waals surface area contributed by atoms with E-state index in [0.717, 1.165) is 10.9 Å². The van der Waals surface area contributed by atoms with E-state index in [1.54, 1.807) is 30.3 Å². The van der Waals surface area contributed by atoms with Crippen LogP contribution in [0.3, 0.4) is 0 Å². The van der Waals surface area contributed by atoms with Gasteiger partial charge in [-0.2, -0.15) is 0 Å². The van der Waals surface area contributed by atoms with Crippen molar-refractivity contribution in [1.82, 2.24) is 0 Å². The summed E-state index contributed by atoms with van der Waals surface area (Å²) >= 11 is 5.84. The van der Waals surface area contributed by atoms with Gasteiger partial charge in [0.1, 0.15) is 12.4 Å². The predicted molar refractivity (Wildman–Crippen MR) is 84.8 cm³/mol. The van der Waals surface area contributed by atoms with Crippen molar-refractivity contribution in [3.63, 3.8) is 0 Å². The number of fused-ring (bicyclic) bond motifs is 1. The van der Waals surface area contributed by atoms with Crippen molar-refractivity contribution in [2.45, 2.75) is 6.61 Å². The molecule has 0 saturated carbocycles. The molecule has 4 nitrogen and oxygen atoms in total. The van der Waals surface area contributed by atoms with E-state index in [2.05, 4.69) is 0 Å². The van der Waals surface area contributed by atoms with Crippen LogP contribution in [0, 0.1) is 0 Å². The molecule has 0 N–H and O–H groups in total. The van der Waals surface area contributed by atoms with Crippen LogP contribution in [0.5, 0.6) is 11.5 Å². The summed E-state index contributed by atoms with van der Waals surface area (Å²) in [7, 11) is 1.53. The Morgan fingerprint density at radius 3 is 2.64 bits per heavy atom. The Balaban J connectivity index is 1.96. The van der Waals surface area contributed by atoms with Crippen molar-refractivity contribution in [3.05, 3.63) is 69.5 Å². The summed E-state index contributed by atoms with van der Waals surface area (Å²) in [6, 6.07) is 13.9. The third-order valence-electron chi connectivity index (χ3n) is 3.25. The molecule has 1 heterocycles. The highest BCUT2D eigenvalue weighted by Gasteiger charge is 2.10. The molecule has 0 radical (unpaired) electrons. The molecule has 3 aromatic rings. The second-order valence-corrected chi connectivity index (χ2v) is 5.11. The molecule has 0 unspecified atom stereocenters. The molecule has 0 aliphatic rings. The van der Waals surface area contributed by atoms with Crippen LogP contribution in [-0.2, 0) is 6.61 Å². The van der Waals surface area contributed by atoms with Crippen LogP contribution >= 0.6 is 11.6 Å². The van der Waals surface area contributed by atoms with Gasteiger partial charge < -0.3 is 13.9 Å². The lowest BCUT2D eigenvalue weighted by Crippen LogP contribution is -2.04. The van der Waals surface area contributed by atoms with Gasteiger partial charge >= 0.3 is 5.63 Å². The van der Waals surface area contributed by atoms with Gasteiger partial charge in [0.25, 0.3) is 0 Å². The Morgan fingerprint density at radius 2 is 1.91 bits per heavy atom. The molecule has 0 bridgehead atoms. The quantitative estimate of drug-likeness (QED) is 0.682. The fraction of sp³-hybridized carbons (Fsp3) is 0.118. The van der Waals surface area contributed by atoms with Gasteiger partial charge in [-0.05, 0) is 30.3 Å². The summed E-state index contributed by atoms with van der Waals surface area (Å²) in [5, 5.41) is 1.43. The smallest absolute Gasteiger partial charge is 0.336 e. The first-order valence-electron chi connectivity index (χ1n) is 6.65. The zero-order valence-electron chi connectivity index (χ0n) is 11.8. The molecule has 1 aromatic heterocycles. The van der Waals surface area contributed by atoms with Crippen LogP contribution in [0.2, 0.25) is 5.02 Å². The largest absolute Gasteiger partial charge is 0.493 e. The van der Waals surface area contributed by atoms with Crippen LogP contribution in [0.1, 0.15) is 5.56 Å². The Hall–Kier alpha value is -2.46. The lowest BCUT2D eigenvalue weighted by molar-refractivity contribution is 0.306. The van der Waals surface area contributed by atoms with Gasteiger partial charge in [-0.3, -0.25) is 0 Å². The standard InChI is InChI=1S/C17H13ClO4/c1-20-15-4-2-3-14-11(9-16(19)22-17(14)15)10-21-13-7-5-12(18)6-8-13/h2-9H,10H2,1H3. The van der Waals surface area contributed by atoms with E-state index < -0.39 is 5.63 Å². The lowest BCUT2D eigenvalue weighted by Gasteiger charge is -2.10. The number of hydrogen-bond acceptors (Lipinski definition) is 4. The fourth-order valence-electron chi connectivity index (χ4n) is 2.20. The number of ether oxygens (including phenoxy) is 2. The van der Waals surface area contributed by atoms with Gasteiger partial charge in [0.05, 0.1) is 7.11 Å². The molecule has 0 atom stereocenters. The van der Waals surface area contributed by atoms with Crippen LogP contribution in [0.25, 0.3) is 11.0 Å². The highest BCUT2D eigenvalue weighted by Crippen LogP contribution is 2.27. The van der Waals surface area contributed by atoms with Gasteiger partial charge in [-0.25, -0.2) is 4.79 Å². The van der Waals surface area contributed by atoms with E-state index in [9.17, 15) is 4.79 Å². The van der Waals surface area contributed by atoms with E-state index in [-0.39, 0.29) is 6.61 Å². The minimum Gasteiger partial charge on any atom is -0.493 e. The fourth-order valence-corrected chi connectivity index (χ4v) is 2.32. The zero-order chi connectivity index (χ0) is 15.5. The Labute approximate surface area is 131 Å². The number of hydrogen-bond donors (Lipinski definition) is 0. The summed E-state index contributed by atoms with van der Waals surface area (Å²) < 4.78 is 16.2. The maximum atomic E-state index is 11.7. The Bertz CT molecular complexity index is 853. The molecule has 22 heavy (non-hydrogen) atoms. The summed E-state index contributed by atoms with van der Waals surface area (Å²) in [6.45, 7) is 0.247. The van der Waals surface area contributed by atoms with Gasteiger partial charge in [-0.15, -0.1) is 0 Å². The Morgan fingerprint density at radius 1 is 1.14 bits per heavy atom. The van der Waals surface area contributed by atoms with Crippen molar-refractivity contribution in [2.24, 2.45) is 0 Å². The van der Waals surface area contributed by atoms with Gasteiger partial charge in [-0.1, -0.05) is 23.7 Å². The van der Waals surface area contributed by atoms with E-state index in [1.165, 1.54) is 13.2 Å². The molecule has 0 fully saturated rings. The second-order valence-electron chi connectivity index (χ2n) is 4.67. The first-order chi connectivity index (χ1) is 10.7. The molecule has 0 spiro atoms. The number of methoxy groups -OCH3 is 1. The maximum absolute atomic E-state index is 11.7. The van der Waals surface area contributed by atoms with E-state index in [1.807, 2.05) is 12.1 Å². The zero-order valence-corrected chi connectivity index (χ0v) is 12.6. The number of benzene rings is 2. The summed E-state index contributed by atoms with van der Waals surface area (Å²) in [5.74, 6) is 1.19. The third-order valence-corrected chi connectivity index (χ3v) is 3.50. The molecular formula is C17H13ClO4. The van der Waals surface area contributed by atoms with Crippen molar-refractivity contribution in [2.75, 3.05) is 7.11 Å². The monoisotopic (exact) mass is 316 g/mol. The minimum absolute atomic E-state index is 0.247. The molecule has 3 rings (SSSR count). The number of halogens is 1. The average molecular weight is 317 g/mol. The summed E-state index contributed by atoms with van der Waals surface area (Å²) in [4.78, 5) is 11.7. The van der Waals surface area contributed by atoms with E-state index in [4.69, 9.17) is 25.5 Å². The van der Waals surface area contributed by atoms with Gasteiger partial charge in [0.2, 0.25) is 0 Å². The summed E-state index contributed by atoms with van der Waals surface area (Å²) in [6.07, 6.45) is 0. The molecule has 0 aliphatic heterocycles. The highest BCUT2D eigenvalue weighted by atomic mass is 35.5. The SMILES string of the molecule is COc1cccc2c(COc3ccc(Cl)cc3)cc(=O)oc12. The number of para-hydroxylation sites is 1. The van der Waals surface area contributed by atoms with Gasteiger partial charge in [0.15, 0.2) is 11.3 Å².